The van der Waals surface area contributed by atoms with Gasteiger partial charge in [-0.15, -0.1) is 11.8 Å². The number of nitrogens with two attached hydrogens (primary N) is 1. The van der Waals surface area contributed by atoms with Gasteiger partial charge in [0.2, 0.25) is 0 Å². The van der Waals surface area contributed by atoms with Gasteiger partial charge in [-0.05, 0) is 49.2 Å². The third-order valence-corrected chi connectivity index (χ3v) is 4.33. The van der Waals surface area contributed by atoms with Gasteiger partial charge in [-0.2, -0.15) is 0 Å². The second kappa shape index (κ2) is 6.63. The van der Waals surface area contributed by atoms with Crippen molar-refractivity contribution >= 4 is 17.6 Å². The minimum Gasteiger partial charge on any atom is -0.409 e. The minimum atomic E-state index is -0.393. The van der Waals surface area contributed by atoms with E-state index >= 15 is 0 Å². The highest BCUT2D eigenvalue weighted by molar-refractivity contribution is 7.98. The molecule has 0 saturated carbocycles. The molecule has 0 heterocycles. The molecular formula is C16H17FN2OS. The van der Waals surface area contributed by atoms with Crippen LogP contribution in [0, 0.1) is 19.7 Å². The summed E-state index contributed by atoms with van der Waals surface area (Å²) in [7, 11) is 0. The van der Waals surface area contributed by atoms with E-state index in [1.807, 2.05) is 0 Å². The smallest absolute Gasteiger partial charge is 0.170 e. The Balaban J connectivity index is 2.18. The maximum Gasteiger partial charge on any atom is 0.170 e. The molecule has 0 atom stereocenters. The number of rotatable bonds is 4. The number of benzene rings is 2. The van der Waals surface area contributed by atoms with E-state index in [-0.39, 0.29) is 5.84 Å². The van der Waals surface area contributed by atoms with Gasteiger partial charge in [0.1, 0.15) is 5.82 Å². The Hall–Kier alpha value is -2.01. The van der Waals surface area contributed by atoms with Gasteiger partial charge in [0, 0.05) is 16.2 Å². The quantitative estimate of drug-likeness (QED) is 0.297. The Morgan fingerprint density at radius 2 is 2.00 bits per heavy atom. The molecule has 3 nitrogen and oxygen atoms in total. The average molecular weight is 304 g/mol. The molecule has 0 saturated heterocycles. The highest BCUT2D eigenvalue weighted by Gasteiger charge is 2.06. The van der Waals surface area contributed by atoms with Crippen molar-refractivity contribution in [3.63, 3.8) is 0 Å². The molecule has 0 aliphatic rings. The second-order valence-electron chi connectivity index (χ2n) is 4.89. The third-order valence-electron chi connectivity index (χ3n) is 3.09. The Kier molecular flexibility index (Phi) is 4.85. The summed E-state index contributed by atoms with van der Waals surface area (Å²) < 4.78 is 13.6. The zero-order chi connectivity index (χ0) is 15.4. The van der Waals surface area contributed by atoms with Gasteiger partial charge in [-0.1, -0.05) is 22.9 Å². The Morgan fingerprint density at radius 3 is 2.67 bits per heavy atom. The van der Waals surface area contributed by atoms with Crippen LogP contribution in [0.4, 0.5) is 4.39 Å². The average Bonchev–Trinajstić information content (AvgIpc) is 2.45. The van der Waals surface area contributed by atoms with Crippen LogP contribution >= 0.6 is 11.8 Å². The second-order valence-corrected chi connectivity index (χ2v) is 5.91. The summed E-state index contributed by atoms with van der Waals surface area (Å²) in [5.41, 5.74) is 9.10. The lowest BCUT2D eigenvalue weighted by Gasteiger charge is -2.08. The lowest BCUT2D eigenvalue weighted by atomic mass is 10.1. The van der Waals surface area contributed by atoms with Crippen LogP contribution in [0.3, 0.4) is 0 Å². The molecule has 110 valence electrons. The van der Waals surface area contributed by atoms with Crippen molar-refractivity contribution in [1.29, 1.82) is 0 Å². The monoisotopic (exact) mass is 304 g/mol. The van der Waals surface area contributed by atoms with Gasteiger partial charge in [0.25, 0.3) is 0 Å². The molecule has 2 aromatic rings. The van der Waals surface area contributed by atoms with E-state index in [1.165, 1.54) is 23.3 Å². The van der Waals surface area contributed by atoms with E-state index in [1.54, 1.807) is 17.8 Å². The maximum atomic E-state index is 13.6. The van der Waals surface area contributed by atoms with Gasteiger partial charge in [0.05, 0.1) is 0 Å². The van der Waals surface area contributed by atoms with E-state index < -0.39 is 5.82 Å². The van der Waals surface area contributed by atoms with Crippen LogP contribution < -0.4 is 5.73 Å². The normalized spacial score (nSPS) is 11.7. The first kappa shape index (κ1) is 15.4. The molecule has 0 amide bonds. The molecule has 5 heteroatoms. The number of nitrogens with zero attached hydrogens (tertiary/aromatic N) is 1. The third kappa shape index (κ3) is 3.98. The number of aryl methyl sites for hydroxylation is 2. The molecule has 0 aliphatic heterocycles. The fourth-order valence-electron chi connectivity index (χ4n) is 2.06. The first-order valence-corrected chi connectivity index (χ1v) is 7.45. The number of oxime groups is 1. The van der Waals surface area contributed by atoms with Gasteiger partial charge < -0.3 is 10.9 Å². The SMILES string of the molecule is Cc1ccc(SCc2cc(F)cc(/C(N)=N/O)c2)c(C)c1. The van der Waals surface area contributed by atoms with Crippen LogP contribution in [0.2, 0.25) is 0 Å². The molecular weight excluding hydrogens is 287 g/mol. The van der Waals surface area contributed by atoms with Crippen LogP contribution in [-0.2, 0) is 5.75 Å². The molecule has 0 spiro atoms. The van der Waals surface area contributed by atoms with E-state index in [0.29, 0.717) is 11.3 Å². The summed E-state index contributed by atoms with van der Waals surface area (Å²) in [6, 6.07) is 10.7. The number of amidine groups is 1. The topological polar surface area (TPSA) is 58.6 Å². The minimum absolute atomic E-state index is 0.0905. The van der Waals surface area contributed by atoms with Gasteiger partial charge in [0.15, 0.2) is 5.84 Å². The molecule has 0 unspecified atom stereocenters. The highest BCUT2D eigenvalue weighted by Crippen LogP contribution is 2.27. The fraction of sp³-hybridized carbons (Fsp3) is 0.188. The van der Waals surface area contributed by atoms with Crippen molar-refractivity contribution in [2.75, 3.05) is 0 Å². The predicted molar refractivity (Wildman–Crippen MR) is 84.4 cm³/mol. The molecule has 0 bridgehead atoms. The Bertz CT molecular complexity index is 686. The van der Waals surface area contributed by atoms with E-state index in [9.17, 15) is 4.39 Å². The summed E-state index contributed by atoms with van der Waals surface area (Å²) in [6.07, 6.45) is 0. The van der Waals surface area contributed by atoms with Crippen molar-refractivity contribution in [3.8, 4) is 0 Å². The zero-order valence-corrected chi connectivity index (χ0v) is 12.7. The van der Waals surface area contributed by atoms with Crippen LogP contribution in [0.5, 0.6) is 0 Å². The molecule has 21 heavy (non-hydrogen) atoms. The van der Waals surface area contributed by atoms with Crippen LogP contribution in [-0.4, -0.2) is 11.0 Å². The van der Waals surface area contributed by atoms with Gasteiger partial charge in [-0.25, -0.2) is 4.39 Å². The standard InChI is InChI=1S/C16H17FN2OS/c1-10-3-4-15(11(2)5-10)21-9-12-6-13(16(18)19-20)8-14(17)7-12/h3-8,20H,9H2,1-2H3,(H2,18,19). The molecule has 0 radical (unpaired) electrons. The van der Waals surface area contributed by atoms with Crippen molar-refractivity contribution in [1.82, 2.24) is 0 Å². The molecule has 2 aromatic carbocycles. The van der Waals surface area contributed by atoms with Crippen LogP contribution in [0.1, 0.15) is 22.3 Å². The lowest BCUT2D eigenvalue weighted by Crippen LogP contribution is -2.13. The molecule has 0 aliphatic carbocycles. The summed E-state index contributed by atoms with van der Waals surface area (Å²) in [4.78, 5) is 1.16. The molecule has 3 N–H and O–H groups in total. The number of thioether (sulfide) groups is 1. The van der Waals surface area contributed by atoms with Crippen molar-refractivity contribution < 1.29 is 9.60 Å². The highest BCUT2D eigenvalue weighted by atomic mass is 32.2. The fourth-order valence-corrected chi connectivity index (χ4v) is 3.00. The summed E-state index contributed by atoms with van der Waals surface area (Å²) in [5.74, 6) is 0.135. The first-order valence-electron chi connectivity index (χ1n) is 6.47. The van der Waals surface area contributed by atoms with E-state index in [0.717, 1.165) is 10.5 Å². The van der Waals surface area contributed by atoms with E-state index in [4.69, 9.17) is 10.9 Å². The largest absolute Gasteiger partial charge is 0.409 e. The molecule has 2 rings (SSSR count). The molecule has 0 aromatic heterocycles. The first-order chi connectivity index (χ1) is 9.99. The van der Waals surface area contributed by atoms with Crippen molar-refractivity contribution in [2.24, 2.45) is 10.9 Å². The van der Waals surface area contributed by atoms with E-state index in [2.05, 4.69) is 37.2 Å². The molecule has 0 fully saturated rings. The number of hydrogen-bond acceptors (Lipinski definition) is 3. The Morgan fingerprint density at radius 1 is 1.24 bits per heavy atom. The van der Waals surface area contributed by atoms with Gasteiger partial charge in [-0.3, -0.25) is 0 Å². The lowest BCUT2D eigenvalue weighted by molar-refractivity contribution is 0.318. The van der Waals surface area contributed by atoms with Gasteiger partial charge >= 0.3 is 0 Å². The van der Waals surface area contributed by atoms with Crippen LogP contribution in [0.15, 0.2) is 46.4 Å². The summed E-state index contributed by atoms with van der Waals surface area (Å²) >= 11 is 1.64. The van der Waals surface area contributed by atoms with Crippen molar-refractivity contribution in [2.45, 2.75) is 24.5 Å². The summed E-state index contributed by atoms with van der Waals surface area (Å²) in [5, 5.41) is 11.6. The predicted octanol–water partition coefficient (Wildman–Crippen LogP) is 3.83. The Labute approximate surface area is 127 Å². The summed E-state index contributed by atoms with van der Waals surface area (Å²) in [6.45, 7) is 4.11. The van der Waals surface area contributed by atoms with Crippen molar-refractivity contribution in [3.05, 3.63) is 64.5 Å². The number of hydrogen-bond donors (Lipinski definition) is 2. The number of halogens is 1. The van der Waals surface area contributed by atoms with Crippen LogP contribution in [0.25, 0.3) is 0 Å². The zero-order valence-electron chi connectivity index (χ0n) is 11.9. The maximum absolute atomic E-state index is 13.6.